The van der Waals surface area contributed by atoms with Gasteiger partial charge >= 0.3 is 0 Å². The van der Waals surface area contributed by atoms with Crippen LogP contribution in [-0.2, 0) is 9.59 Å². The van der Waals surface area contributed by atoms with Gasteiger partial charge in [0, 0.05) is 11.8 Å². The number of amides is 2. The van der Waals surface area contributed by atoms with Crippen molar-refractivity contribution in [3.05, 3.63) is 108 Å². The summed E-state index contributed by atoms with van der Waals surface area (Å²) in [5.41, 5.74) is 2.64. The van der Waals surface area contributed by atoms with Gasteiger partial charge in [0.1, 0.15) is 5.75 Å². The van der Waals surface area contributed by atoms with Crippen molar-refractivity contribution in [3.63, 3.8) is 0 Å². The standard InChI is InChI=1S/C29H27NO3/c1-2-19-33-25-16-10-9-15-24(25)30-28(31)26-22(20-11-5-3-6-12-20)17-18-23(27(26)29(30)32)21-13-7-4-8-14-21/h3-18,22-23,26-27H,2,19H2,1H3. The highest BCUT2D eigenvalue weighted by Gasteiger charge is 2.55. The molecule has 0 aromatic heterocycles. The van der Waals surface area contributed by atoms with Crippen LogP contribution >= 0.6 is 0 Å². The number of hydrogen-bond acceptors (Lipinski definition) is 3. The van der Waals surface area contributed by atoms with Gasteiger partial charge in [-0.2, -0.15) is 0 Å². The van der Waals surface area contributed by atoms with E-state index in [1.54, 1.807) is 6.07 Å². The van der Waals surface area contributed by atoms with E-state index in [4.69, 9.17) is 4.74 Å². The van der Waals surface area contributed by atoms with Crippen LogP contribution in [0.4, 0.5) is 5.69 Å². The molecule has 1 heterocycles. The molecule has 1 aliphatic carbocycles. The number of carbonyl (C=O) groups is 2. The Balaban J connectivity index is 1.61. The minimum atomic E-state index is -0.464. The Morgan fingerprint density at radius 2 is 1.18 bits per heavy atom. The molecular formula is C29H27NO3. The zero-order valence-electron chi connectivity index (χ0n) is 18.6. The first kappa shape index (κ1) is 21.2. The summed E-state index contributed by atoms with van der Waals surface area (Å²) in [6, 6.07) is 27.3. The van der Waals surface area contributed by atoms with Gasteiger partial charge < -0.3 is 4.74 Å². The Morgan fingerprint density at radius 3 is 1.70 bits per heavy atom. The molecule has 1 saturated heterocycles. The number of nitrogens with zero attached hydrogens (tertiary/aromatic N) is 1. The van der Waals surface area contributed by atoms with Crippen molar-refractivity contribution in [1.29, 1.82) is 0 Å². The average Bonchev–Trinajstić information content (AvgIpc) is 3.14. The van der Waals surface area contributed by atoms with Crippen LogP contribution in [0.5, 0.6) is 5.75 Å². The van der Waals surface area contributed by atoms with E-state index in [1.165, 1.54) is 4.90 Å². The second-order valence-electron chi connectivity index (χ2n) is 8.64. The molecule has 0 saturated carbocycles. The summed E-state index contributed by atoms with van der Waals surface area (Å²) in [6.07, 6.45) is 5.07. The van der Waals surface area contributed by atoms with Crippen molar-refractivity contribution in [3.8, 4) is 5.75 Å². The number of anilines is 1. The lowest BCUT2D eigenvalue weighted by molar-refractivity contribution is -0.122. The van der Waals surface area contributed by atoms with E-state index in [0.29, 0.717) is 18.0 Å². The van der Waals surface area contributed by atoms with E-state index in [2.05, 4.69) is 12.2 Å². The summed E-state index contributed by atoms with van der Waals surface area (Å²) in [6.45, 7) is 2.56. The molecule has 4 atom stereocenters. The Morgan fingerprint density at radius 1 is 0.697 bits per heavy atom. The van der Waals surface area contributed by atoms with Crippen LogP contribution in [0, 0.1) is 11.8 Å². The van der Waals surface area contributed by atoms with Crippen molar-refractivity contribution < 1.29 is 14.3 Å². The zero-order chi connectivity index (χ0) is 22.8. The maximum Gasteiger partial charge on any atom is 0.238 e. The maximum absolute atomic E-state index is 14.0. The number of imide groups is 1. The normalized spacial score (nSPS) is 24.1. The first-order valence-corrected chi connectivity index (χ1v) is 11.6. The lowest BCUT2D eigenvalue weighted by Gasteiger charge is -2.32. The number of fused-ring (bicyclic) bond motifs is 1. The predicted octanol–water partition coefficient (Wildman–Crippen LogP) is 5.72. The number of para-hydroxylation sites is 2. The fraction of sp³-hybridized carbons (Fsp3) is 0.241. The average molecular weight is 438 g/mol. The summed E-state index contributed by atoms with van der Waals surface area (Å²) in [5, 5.41) is 0. The van der Waals surface area contributed by atoms with Crippen LogP contribution in [0.1, 0.15) is 36.3 Å². The summed E-state index contributed by atoms with van der Waals surface area (Å²) in [5.74, 6) is -0.972. The molecule has 0 bridgehead atoms. The van der Waals surface area contributed by atoms with Crippen molar-refractivity contribution in [2.45, 2.75) is 25.2 Å². The molecule has 3 aromatic carbocycles. The SMILES string of the molecule is CCCOc1ccccc1N1C(=O)C2C(c3ccccc3)C=CC(c3ccccc3)C2C1=O. The van der Waals surface area contributed by atoms with Crippen molar-refractivity contribution in [2.24, 2.45) is 11.8 Å². The second-order valence-corrected chi connectivity index (χ2v) is 8.64. The minimum absolute atomic E-state index is 0.152. The number of hydrogen-bond donors (Lipinski definition) is 0. The largest absolute Gasteiger partial charge is 0.491 e. The number of carbonyl (C=O) groups excluding carboxylic acids is 2. The van der Waals surface area contributed by atoms with E-state index in [0.717, 1.165) is 17.5 Å². The third-order valence-corrected chi connectivity index (χ3v) is 6.63. The van der Waals surface area contributed by atoms with Crippen LogP contribution in [0.3, 0.4) is 0 Å². The highest BCUT2D eigenvalue weighted by Crippen LogP contribution is 2.51. The third-order valence-electron chi connectivity index (χ3n) is 6.63. The summed E-state index contributed by atoms with van der Waals surface area (Å²) in [4.78, 5) is 29.3. The van der Waals surface area contributed by atoms with Gasteiger partial charge in [-0.15, -0.1) is 0 Å². The highest BCUT2D eigenvalue weighted by atomic mass is 16.5. The van der Waals surface area contributed by atoms with Crippen molar-refractivity contribution >= 4 is 17.5 Å². The molecular weight excluding hydrogens is 410 g/mol. The van der Waals surface area contributed by atoms with Crippen LogP contribution in [-0.4, -0.2) is 18.4 Å². The molecule has 5 rings (SSSR count). The van der Waals surface area contributed by atoms with Gasteiger partial charge in [0.05, 0.1) is 24.1 Å². The number of ether oxygens (including phenoxy) is 1. The molecule has 33 heavy (non-hydrogen) atoms. The fourth-order valence-electron chi connectivity index (χ4n) is 5.15. The van der Waals surface area contributed by atoms with E-state index < -0.39 is 11.8 Å². The van der Waals surface area contributed by atoms with Gasteiger partial charge in [-0.25, -0.2) is 4.90 Å². The smallest absolute Gasteiger partial charge is 0.238 e. The highest BCUT2D eigenvalue weighted by molar-refractivity contribution is 6.23. The van der Waals surface area contributed by atoms with E-state index >= 15 is 0 Å². The van der Waals surface area contributed by atoms with Gasteiger partial charge in [-0.05, 0) is 29.7 Å². The summed E-state index contributed by atoms with van der Waals surface area (Å²) >= 11 is 0. The molecule has 0 N–H and O–H groups in total. The quantitative estimate of drug-likeness (QED) is 0.366. The Labute approximate surface area is 194 Å². The van der Waals surface area contributed by atoms with E-state index in [9.17, 15) is 9.59 Å². The van der Waals surface area contributed by atoms with Crippen LogP contribution < -0.4 is 9.64 Å². The van der Waals surface area contributed by atoms with Crippen molar-refractivity contribution in [2.75, 3.05) is 11.5 Å². The number of rotatable bonds is 6. The van der Waals surface area contributed by atoms with Gasteiger partial charge in [-0.3, -0.25) is 9.59 Å². The Bertz CT molecular complexity index is 1100. The van der Waals surface area contributed by atoms with Gasteiger partial charge in [0.2, 0.25) is 11.8 Å². The van der Waals surface area contributed by atoms with E-state index in [-0.39, 0.29) is 23.7 Å². The first-order chi connectivity index (χ1) is 16.2. The summed E-state index contributed by atoms with van der Waals surface area (Å²) in [7, 11) is 0. The number of benzene rings is 3. The molecule has 166 valence electrons. The monoisotopic (exact) mass is 437 g/mol. The third kappa shape index (κ3) is 3.76. The summed E-state index contributed by atoms with van der Waals surface area (Å²) < 4.78 is 5.91. The molecule has 4 nitrogen and oxygen atoms in total. The Hall–Kier alpha value is -3.66. The number of allylic oxidation sites excluding steroid dienone is 2. The van der Waals surface area contributed by atoms with Gasteiger partial charge in [0.15, 0.2) is 0 Å². The zero-order valence-corrected chi connectivity index (χ0v) is 18.6. The van der Waals surface area contributed by atoms with E-state index in [1.807, 2.05) is 85.8 Å². The maximum atomic E-state index is 14.0. The fourth-order valence-corrected chi connectivity index (χ4v) is 5.15. The molecule has 0 spiro atoms. The minimum Gasteiger partial charge on any atom is -0.491 e. The van der Waals surface area contributed by atoms with Crippen LogP contribution in [0.15, 0.2) is 97.1 Å². The van der Waals surface area contributed by atoms with Gasteiger partial charge in [-0.1, -0.05) is 91.9 Å². The molecule has 1 aliphatic heterocycles. The molecule has 2 amide bonds. The topological polar surface area (TPSA) is 46.6 Å². The lowest BCUT2D eigenvalue weighted by atomic mass is 9.68. The predicted molar refractivity (Wildman–Crippen MR) is 129 cm³/mol. The van der Waals surface area contributed by atoms with Crippen LogP contribution in [0.25, 0.3) is 0 Å². The first-order valence-electron chi connectivity index (χ1n) is 11.6. The van der Waals surface area contributed by atoms with Crippen molar-refractivity contribution in [1.82, 2.24) is 0 Å². The molecule has 1 fully saturated rings. The molecule has 4 heteroatoms. The molecule has 2 aliphatic rings. The lowest BCUT2D eigenvalue weighted by Crippen LogP contribution is -2.32. The molecule has 0 radical (unpaired) electrons. The van der Waals surface area contributed by atoms with Crippen LogP contribution in [0.2, 0.25) is 0 Å². The second kappa shape index (κ2) is 9.07. The molecule has 3 aromatic rings. The Kier molecular flexibility index (Phi) is 5.82. The molecule has 4 unspecified atom stereocenters. The van der Waals surface area contributed by atoms with Gasteiger partial charge in [0.25, 0.3) is 0 Å².